The van der Waals surface area contributed by atoms with Crippen LogP contribution in [0.4, 0.5) is 0 Å². The zero-order chi connectivity index (χ0) is 11.8. The predicted molar refractivity (Wildman–Crippen MR) is 64.3 cm³/mol. The zero-order valence-corrected chi connectivity index (χ0v) is 10.4. The van der Waals surface area contributed by atoms with Crippen molar-refractivity contribution in [2.75, 3.05) is 26.3 Å². The first kappa shape index (κ1) is 13.5. The van der Waals surface area contributed by atoms with Crippen LogP contribution in [-0.4, -0.2) is 38.3 Å². The molecule has 0 radical (unpaired) electrons. The predicted octanol–water partition coefficient (Wildman–Crippen LogP) is 0.917. The first-order chi connectivity index (χ1) is 7.74. The van der Waals surface area contributed by atoms with Gasteiger partial charge in [-0.05, 0) is 38.6 Å². The number of hydrogen-bond acceptors (Lipinski definition) is 3. The normalized spacial score (nSPS) is 22.0. The summed E-state index contributed by atoms with van der Waals surface area (Å²) in [4.78, 5) is 11.5. The molecule has 1 aliphatic heterocycles. The molecule has 2 N–H and O–H groups in total. The van der Waals surface area contributed by atoms with Gasteiger partial charge in [0.2, 0.25) is 5.91 Å². The molecule has 0 saturated carbocycles. The van der Waals surface area contributed by atoms with Crippen LogP contribution < -0.4 is 10.6 Å². The Morgan fingerprint density at radius 3 is 2.94 bits per heavy atom. The maximum absolute atomic E-state index is 11.5. The molecule has 0 aromatic heterocycles. The molecular weight excluding hydrogens is 204 g/mol. The SMILES string of the molecule is CCCNC(=O)C(C)NCCC1CCOC1. The number of ether oxygens (including phenoxy) is 1. The lowest BCUT2D eigenvalue weighted by atomic mass is 10.1. The maximum atomic E-state index is 11.5. The minimum Gasteiger partial charge on any atom is -0.381 e. The van der Waals surface area contributed by atoms with Crippen molar-refractivity contribution in [3.05, 3.63) is 0 Å². The summed E-state index contributed by atoms with van der Waals surface area (Å²) in [5, 5.41) is 6.13. The fourth-order valence-electron chi connectivity index (χ4n) is 1.81. The molecule has 1 saturated heterocycles. The van der Waals surface area contributed by atoms with E-state index in [1.807, 2.05) is 6.92 Å². The van der Waals surface area contributed by atoms with E-state index in [0.717, 1.165) is 45.6 Å². The molecule has 4 nitrogen and oxygen atoms in total. The van der Waals surface area contributed by atoms with Gasteiger partial charge in [-0.15, -0.1) is 0 Å². The minimum absolute atomic E-state index is 0.0890. The van der Waals surface area contributed by atoms with Crippen molar-refractivity contribution in [3.8, 4) is 0 Å². The summed E-state index contributed by atoms with van der Waals surface area (Å²) in [5.74, 6) is 0.780. The van der Waals surface area contributed by atoms with Crippen molar-refractivity contribution in [1.82, 2.24) is 10.6 Å². The maximum Gasteiger partial charge on any atom is 0.236 e. The average molecular weight is 228 g/mol. The summed E-state index contributed by atoms with van der Waals surface area (Å²) < 4.78 is 5.31. The summed E-state index contributed by atoms with van der Waals surface area (Å²) in [6.45, 7) is 7.42. The molecular formula is C12H24N2O2. The summed E-state index contributed by atoms with van der Waals surface area (Å²) in [6.07, 6.45) is 3.25. The summed E-state index contributed by atoms with van der Waals surface area (Å²) in [5.41, 5.74) is 0. The van der Waals surface area contributed by atoms with Crippen molar-refractivity contribution in [2.45, 2.75) is 39.2 Å². The monoisotopic (exact) mass is 228 g/mol. The fraction of sp³-hybridized carbons (Fsp3) is 0.917. The van der Waals surface area contributed by atoms with Crippen molar-refractivity contribution in [1.29, 1.82) is 0 Å². The molecule has 1 fully saturated rings. The van der Waals surface area contributed by atoms with E-state index in [2.05, 4.69) is 17.6 Å². The van der Waals surface area contributed by atoms with Crippen molar-refractivity contribution in [3.63, 3.8) is 0 Å². The van der Waals surface area contributed by atoms with Gasteiger partial charge in [0.15, 0.2) is 0 Å². The summed E-state index contributed by atoms with van der Waals surface area (Å²) >= 11 is 0. The van der Waals surface area contributed by atoms with Crippen molar-refractivity contribution < 1.29 is 9.53 Å². The van der Waals surface area contributed by atoms with Crippen LogP contribution in [0, 0.1) is 5.92 Å². The highest BCUT2D eigenvalue weighted by molar-refractivity contribution is 5.81. The Hall–Kier alpha value is -0.610. The fourth-order valence-corrected chi connectivity index (χ4v) is 1.81. The highest BCUT2D eigenvalue weighted by Gasteiger charge is 2.16. The van der Waals surface area contributed by atoms with Crippen LogP contribution in [0.5, 0.6) is 0 Å². The first-order valence-electron chi connectivity index (χ1n) is 6.33. The van der Waals surface area contributed by atoms with E-state index in [1.54, 1.807) is 0 Å². The Labute approximate surface area is 98.1 Å². The smallest absolute Gasteiger partial charge is 0.236 e. The van der Waals surface area contributed by atoms with Gasteiger partial charge in [-0.3, -0.25) is 4.79 Å². The third-order valence-corrected chi connectivity index (χ3v) is 2.97. The van der Waals surface area contributed by atoms with E-state index >= 15 is 0 Å². The molecule has 2 unspecified atom stereocenters. The van der Waals surface area contributed by atoms with Crippen LogP contribution in [0.15, 0.2) is 0 Å². The number of carbonyl (C=O) groups excluding carboxylic acids is 1. The minimum atomic E-state index is -0.0890. The lowest BCUT2D eigenvalue weighted by Gasteiger charge is -2.15. The Morgan fingerprint density at radius 2 is 2.31 bits per heavy atom. The van der Waals surface area contributed by atoms with E-state index in [0.29, 0.717) is 5.92 Å². The average Bonchev–Trinajstić information content (AvgIpc) is 2.78. The largest absolute Gasteiger partial charge is 0.381 e. The lowest BCUT2D eigenvalue weighted by Crippen LogP contribution is -2.43. The molecule has 1 heterocycles. The molecule has 16 heavy (non-hydrogen) atoms. The second-order valence-electron chi connectivity index (χ2n) is 4.49. The van der Waals surface area contributed by atoms with E-state index in [9.17, 15) is 4.79 Å². The zero-order valence-electron chi connectivity index (χ0n) is 10.4. The van der Waals surface area contributed by atoms with Gasteiger partial charge in [0.25, 0.3) is 0 Å². The molecule has 94 valence electrons. The van der Waals surface area contributed by atoms with Gasteiger partial charge >= 0.3 is 0 Å². The Kier molecular flexibility index (Phi) is 6.42. The molecule has 2 atom stereocenters. The lowest BCUT2D eigenvalue weighted by molar-refractivity contribution is -0.122. The first-order valence-corrected chi connectivity index (χ1v) is 6.33. The topological polar surface area (TPSA) is 50.4 Å². The quantitative estimate of drug-likeness (QED) is 0.681. The number of carbonyl (C=O) groups is 1. The van der Waals surface area contributed by atoms with E-state index in [-0.39, 0.29) is 11.9 Å². The molecule has 0 aliphatic carbocycles. The van der Waals surface area contributed by atoms with Crippen LogP contribution in [0.1, 0.15) is 33.1 Å². The molecule has 0 aromatic rings. The van der Waals surface area contributed by atoms with Crippen LogP contribution in [0.25, 0.3) is 0 Å². The third kappa shape index (κ3) is 4.94. The second kappa shape index (κ2) is 7.63. The summed E-state index contributed by atoms with van der Waals surface area (Å²) in [6, 6.07) is -0.0890. The van der Waals surface area contributed by atoms with Gasteiger partial charge in [0, 0.05) is 19.8 Å². The molecule has 0 aromatic carbocycles. The van der Waals surface area contributed by atoms with Gasteiger partial charge in [-0.25, -0.2) is 0 Å². The molecule has 1 amide bonds. The number of hydrogen-bond donors (Lipinski definition) is 2. The molecule has 0 spiro atoms. The van der Waals surface area contributed by atoms with Gasteiger partial charge in [0.1, 0.15) is 0 Å². The van der Waals surface area contributed by atoms with Crippen molar-refractivity contribution >= 4 is 5.91 Å². The number of rotatable bonds is 7. The molecule has 4 heteroatoms. The Bertz CT molecular complexity index is 203. The highest BCUT2D eigenvalue weighted by atomic mass is 16.5. The second-order valence-corrected chi connectivity index (χ2v) is 4.49. The van der Waals surface area contributed by atoms with Crippen LogP contribution >= 0.6 is 0 Å². The van der Waals surface area contributed by atoms with Crippen LogP contribution in [0.2, 0.25) is 0 Å². The van der Waals surface area contributed by atoms with Gasteiger partial charge in [-0.1, -0.05) is 6.92 Å². The number of nitrogens with one attached hydrogen (secondary N) is 2. The highest BCUT2D eigenvalue weighted by Crippen LogP contribution is 2.15. The Balaban J connectivity index is 2.04. The van der Waals surface area contributed by atoms with Crippen molar-refractivity contribution in [2.24, 2.45) is 5.92 Å². The van der Waals surface area contributed by atoms with Crippen LogP contribution in [0.3, 0.4) is 0 Å². The molecule has 0 bridgehead atoms. The van der Waals surface area contributed by atoms with E-state index in [1.165, 1.54) is 0 Å². The summed E-state index contributed by atoms with van der Waals surface area (Å²) in [7, 11) is 0. The third-order valence-electron chi connectivity index (χ3n) is 2.97. The Morgan fingerprint density at radius 1 is 1.50 bits per heavy atom. The van der Waals surface area contributed by atoms with Gasteiger partial charge < -0.3 is 15.4 Å². The van der Waals surface area contributed by atoms with Gasteiger partial charge in [0.05, 0.1) is 6.04 Å². The molecule has 1 aliphatic rings. The number of amides is 1. The van der Waals surface area contributed by atoms with Gasteiger partial charge in [-0.2, -0.15) is 0 Å². The van der Waals surface area contributed by atoms with E-state index in [4.69, 9.17) is 4.74 Å². The standard InChI is InChI=1S/C12H24N2O2/c1-3-6-14-12(15)10(2)13-7-4-11-5-8-16-9-11/h10-11,13H,3-9H2,1-2H3,(H,14,15). The van der Waals surface area contributed by atoms with E-state index < -0.39 is 0 Å². The van der Waals surface area contributed by atoms with Crippen LogP contribution in [-0.2, 0) is 9.53 Å². The molecule has 1 rings (SSSR count).